The highest BCUT2D eigenvalue weighted by molar-refractivity contribution is 5.85. The summed E-state index contributed by atoms with van der Waals surface area (Å²) in [6.45, 7) is 2.36. The SMILES string of the molecule is O=C(NCC1CCOCC1)C1(CO)CC1. The molecule has 2 aliphatic rings. The Morgan fingerprint density at radius 2 is 2.07 bits per heavy atom. The van der Waals surface area contributed by atoms with Gasteiger partial charge in [-0.2, -0.15) is 0 Å². The van der Waals surface area contributed by atoms with Crippen LogP contribution in [0, 0.1) is 11.3 Å². The highest BCUT2D eigenvalue weighted by Gasteiger charge is 2.49. The van der Waals surface area contributed by atoms with Crippen LogP contribution >= 0.6 is 0 Å². The third-order valence-electron chi connectivity index (χ3n) is 3.53. The Hall–Kier alpha value is -0.610. The van der Waals surface area contributed by atoms with Crippen molar-refractivity contribution in [1.29, 1.82) is 0 Å². The number of amides is 1. The van der Waals surface area contributed by atoms with Gasteiger partial charge in [-0.15, -0.1) is 0 Å². The van der Waals surface area contributed by atoms with Crippen molar-refractivity contribution in [3.8, 4) is 0 Å². The van der Waals surface area contributed by atoms with Gasteiger partial charge in [-0.3, -0.25) is 4.79 Å². The first kappa shape index (κ1) is 10.9. The van der Waals surface area contributed by atoms with Crippen LogP contribution in [0.5, 0.6) is 0 Å². The number of aliphatic hydroxyl groups is 1. The van der Waals surface area contributed by atoms with E-state index < -0.39 is 5.41 Å². The molecular formula is C11H19NO3. The predicted octanol–water partition coefficient (Wildman–Crippen LogP) is 0.302. The Morgan fingerprint density at radius 3 is 2.60 bits per heavy atom. The second kappa shape index (κ2) is 4.49. The van der Waals surface area contributed by atoms with Crippen molar-refractivity contribution >= 4 is 5.91 Å². The number of nitrogens with one attached hydrogen (secondary N) is 1. The van der Waals surface area contributed by atoms with Crippen LogP contribution in [0.1, 0.15) is 25.7 Å². The summed E-state index contributed by atoms with van der Waals surface area (Å²) in [5, 5.41) is 12.0. The summed E-state index contributed by atoms with van der Waals surface area (Å²) in [6.07, 6.45) is 3.74. The van der Waals surface area contributed by atoms with E-state index in [1.165, 1.54) is 0 Å². The molecule has 86 valence electrons. The van der Waals surface area contributed by atoms with E-state index >= 15 is 0 Å². The van der Waals surface area contributed by atoms with E-state index in [2.05, 4.69) is 5.32 Å². The highest BCUT2D eigenvalue weighted by atomic mass is 16.5. The van der Waals surface area contributed by atoms with Crippen LogP contribution in [0.3, 0.4) is 0 Å². The molecule has 2 N–H and O–H groups in total. The largest absolute Gasteiger partial charge is 0.395 e. The normalized spacial score (nSPS) is 24.9. The fraction of sp³-hybridized carbons (Fsp3) is 0.909. The zero-order chi connectivity index (χ0) is 10.7. The molecule has 0 bridgehead atoms. The van der Waals surface area contributed by atoms with Crippen molar-refractivity contribution < 1.29 is 14.6 Å². The Morgan fingerprint density at radius 1 is 1.40 bits per heavy atom. The van der Waals surface area contributed by atoms with Gasteiger partial charge >= 0.3 is 0 Å². The van der Waals surface area contributed by atoms with Gasteiger partial charge in [-0.25, -0.2) is 0 Å². The first-order valence-corrected chi connectivity index (χ1v) is 5.74. The van der Waals surface area contributed by atoms with E-state index in [-0.39, 0.29) is 12.5 Å². The minimum atomic E-state index is -0.425. The maximum atomic E-state index is 11.7. The highest BCUT2D eigenvalue weighted by Crippen LogP contribution is 2.45. The minimum Gasteiger partial charge on any atom is -0.395 e. The van der Waals surface area contributed by atoms with Crippen molar-refractivity contribution in [3.05, 3.63) is 0 Å². The number of hydrogen-bond acceptors (Lipinski definition) is 3. The van der Waals surface area contributed by atoms with Gasteiger partial charge in [-0.1, -0.05) is 0 Å². The van der Waals surface area contributed by atoms with Crippen molar-refractivity contribution in [2.75, 3.05) is 26.4 Å². The number of hydrogen-bond donors (Lipinski definition) is 2. The van der Waals surface area contributed by atoms with Gasteiger partial charge in [0.2, 0.25) is 5.91 Å². The molecule has 0 atom stereocenters. The maximum Gasteiger partial charge on any atom is 0.228 e. The van der Waals surface area contributed by atoms with E-state index in [1.54, 1.807) is 0 Å². The molecular weight excluding hydrogens is 194 g/mol. The van der Waals surface area contributed by atoms with Crippen molar-refractivity contribution in [3.63, 3.8) is 0 Å². The van der Waals surface area contributed by atoms with Crippen LogP contribution in [-0.2, 0) is 9.53 Å². The minimum absolute atomic E-state index is 0.00733. The lowest BCUT2D eigenvalue weighted by Crippen LogP contribution is -2.38. The summed E-state index contributed by atoms with van der Waals surface area (Å²) in [7, 11) is 0. The Kier molecular flexibility index (Phi) is 3.26. The molecule has 0 radical (unpaired) electrons. The van der Waals surface area contributed by atoms with Gasteiger partial charge in [-0.05, 0) is 31.6 Å². The summed E-state index contributed by atoms with van der Waals surface area (Å²) in [5.41, 5.74) is -0.425. The lowest BCUT2D eigenvalue weighted by atomic mass is 9.99. The van der Waals surface area contributed by atoms with Crippen LogP contribution in [0.2, 0.25) is 0 Å². The maximum absolute atomic E-state index is 11.7. The smallest absolute Gasteiger partial charge is 0.228 e. The van der Waals surface area contributed by atoms with E-state index in [9.17, 15) is 4.79 Å². The fourth-order valence-corrected chi connectivity index (χ4v) is 1.98. The van der Waals surface area contributed by atoms with Crippen molar-refractivity contribution in [2.24, 2.45) is 11.3 Å². The quantitative estimate of drug-likeness (QED) is 0.706. The standard InChI is InChI=1S/C11H19NO3/c13-8-11(3-4-11)10(14)12-7-9-1-5-15-6-2-9/h9,13H,1-8H2,(H,12,14). The van der Waals surface area contributed by atoms with Crippen molar-refractivity contribution in [2.45, 2.75) is 25.7 Å². The molecule has 1 heterocycles. The summed E-state index contributed by atoms with van der Waals surface area (Å²) < 4.78 is 5.25. The van der Waals surface area contributed by atoms with Crippen LogP contribution in [0.25, 0.3) is 0 Å². The molecule has 0 aromatic rings. The van der Waals surface area contributed by atoms with E-state index in [1.807, 2.05) is 0 Å². The third-order valence-corrected chi connectivity index (χ3v) is 3.53. The second-order valence-electron chi connectivity index (χ2n) is 4.70. The summed E-state index contributed by atoms with van der Waals surface area (Å²) in [5.74, 6) is 0.591. The summed E-state index contributed by atoms with van der Waals surface area (Å²) in [6, 6.07) is 0. The third kappa shape index (κ3) is 2.49. The molecule has 15 heavy (non-hydrogen) atoms. The molecule has 0 aromatic heterocycles. The first-order chi connectivity index (χ1) is 7.27. The van der Waals surface area contributed by atoms with Crippen LogP contribution < -0.4 is 5.32 Å². The number of carbonyl (C=O) groups excluding carboxylic acids is 1. The molecule has 0 aromatic carbocycles. The molecule has 4 heteroatoms. The van der Waals surface area contributed by atoms with Crippen LogP contribution in [0.4, 0.5) is 0 Å². The second-order valence-corrected chi connectivity index (χ2v) is 4.70. The van der Waals surface area contributed by atoms with Gasteiger partial charge in [0.25, 0.3) is 0 Å². The topological polar surface area (TPSA) is 58.6 Å². The lowest BCUT2D eigenvalue weighted by Gasteiger charge is -2.23. The Balaban J connectivity index is 1.70. The summed E-state index contributed by atoms with van der Waals surface area (Å²) >= 11 is 0. The van der Waals surface area contributed by atoms with Gasteiger partial charge in [0, 0.05) is 19.8 Å². The molecule has 1 saturated heterocycles. The Labute approximate surface area is 90.0 Å². The first-order valence-electron chi connectivity index (χ1n) is 5.74. The fourth-order valence-electron chi connectivity index (χ4n) is 1.98. The number of ether oxygens (including phenoxy) is 1. The molecule has 1 amide bonds. The molecule has 1 aliphatic carbocycles. The van der Waals surface area contributed by atoms with E-state index in [0.717, 1.165) is 45.4 Å². The molecule has 0 spiro atoms. The van der Waals surface area contributed by atoms with Crippen LogP contribution in [-0.4, -0.2) is 37.4 Å². The molecule has 4 nitrogen and oxygen atoms in total. The molecule has 1 saturated carbocycles. The average Bonchev–Trinajstić information content (AvgIpc) is 3.08. The van der Waals surface area contributed by atoms with Gasteiger partial charge in [0.1, 0.15) is 0 Å². The van der Waals surface area contributed by atoms with Gasteiger partial charge in [0.05, 0.1) is 12.0 Å². The predicted molar refractivity (Wildman–Crippen MR) is 55.3 cm³/mol. The van der Waals surface area contributed by atoms with Crippen LogP contribution in [0.15, 0.2) is 0 Å². The molecule has 1 aliphatic heterocycles. The molecule has 0 unspecified atom stereocenters. The zero-order valence-electron chi connectivity index (χ0n) is 9.00. The van der Waals surface area contributed by atoms with Crippen molar-refractivity contribution in [1.82, 2.24) is 5.32 Å². The number of aliphatic hydroxyl groups excluding tert-OH is 1. The lowest BCUT2D eigenvalue weighted by molar-refractivity contribution is -0.128. The average molecular weight is 213 g/mol. The zero-order valence-corrected chi connectivity index (χ0v) is 9.00. The van der Waals surface area contributed by atoms with Gasteiger partial charge < -0.3 is 15.2 Å². The van der Waals surface area contributed by atoms with Gasteiger partial charge in [0.15, 0.2) is 0 Å². The monoisotopic (exact) mass is 213 g/mol. The van der Waals surface area contributed by atoms with E-state index in [4.69, 9.17) is 9.84 Å². The molecule has 2 rings (SSSR count). The number of carbonyl (C=O) groups is 1. The van der Waals surface area contributed by atoms with E-state index in [0.29, 0.717) is 5.92 Å². The Bertz CT molecular complexity index is 232. The summed E-state index contributed by atoms with van der Waals surface area (Å²) in [4.78, 5) is 11.7. The molecule has 2 fully saturated rings. The number of rotatable bonds is 4.